The highest BCUT2D eigenvalue weighted by atomic mass is 15.2. The molecule has 1 N–H and O–H groups in total. The second-order valence-corrected chi connectivity index (χ2v) is 6.39. The van der Waals surface area contributed by atoms with Crippen LogP contribution < -0.4 is 5.32 Å². The second-order valence-electron chi connectivity index (χ2n) is 6.39. The fourth-order valence-corrected chi connectivity index (χ4v) is 4.30. The summed E-state index contributed by atoms with van der Waals surface area (Å²) < 4.78 is 0. The highest BCUT2D eigenvalue weighted by Crippen LogP contribution is 2.29. The van der Waals surface area contributed by atoms with Gasteiger partial charge >= 0.3 is 0 Å². The Labute approximate surface area is 106 Å². The van der Waals surface area contributed by atoms with Crippen LogP contribution in [-0.2, 0) is 0 Å². The fourth-order valence-electron chi connectivity index (χ4n) is 4.30. The minimum Gasteiger partial charge on any atom is -0.312 e. The van der Waals surface area contributed by atoms with Crippen molar-refractivity contribution in [3.05, 3.63) is 0 Å². The van der Waals surface area contributed by atoms with E-state index in [2.05, 4.69) is 10.2 Å². The molecule has 1 aliphatic carbocycles. The van der Waals surface area contributed by atoms with Crippen LogP contribution in [0.1, 0.15) is 57.8 Å². The average molecular weight is 236 g/mol. The van der Waals surface area contributed by atoms with E-state index < -0.39 is 0 Å². The van der Waals surface area contributed by atoms with Gasteiger partial charge in [-0.2, -0.15) is 0 Å². The fraction of sp³-hybridized carbons (Fsp3) is 1.00. The van der Waals surface area contributed by atoms with Gasteiger partial charge in [-0.05, 0) is 51.1 Å². The normalized spacial score (nSPS) is 34.6. The molecule has 0 spiro atoms. The number of hydrogen-bond donors (Lipinski definition) is 1. The van der Waals surface area contributed by atoms with Gasteiger partial charge in [0.2, 0.25) is 0 Å². The van der Waals surface area contributed by atoms with E-state index in [1.165, 1.54) is 77.4 Å². The third-order valence-electron chi connectivity index (χ3n) is 5.28. The first kappa shape index (κ1) is 12.0. The summed E-state index contributed by atoms with van der Waals surface area (Å²) in [6, 6.07) is 1.71. The molecule has 2 heterocycles. The minimum absolute atomic E-state index is 0.820. The van der Waals surface area contributed by atoms with Crippen molar-refractivity contribution in [2.45, 2.75) is 69.9 Å². The molecule has 2 aliphatic heterocycles. The maximum absolute atomic E-state index is 3.84. The summed E-state index contributed by atoms with van der Waals surface area (Å²) >= 11 is 0. The van der Waals surface area contributed by atoms with Crippen molar-refractivity contribution in [3.8, 4) is 0 Å². The molecule has 2 heteroatoms. The zero-order valence-electron chi connectivity index (χ0n) is 11.2. The summed E-state index contributed by atoms with van der Waals surface area (Å²) in [6.07, 6.45) is 13.2. The zero-order valence-corrected chi connectivity index (χ0v) is 11.2. The van der Waals surface area contributed by atoms with Crippen LogP contribution in [0.4, 0.5) is 0 Å². The molecule has 3 rings (SSSR count). The Morgan fingerprint density at radius 3 is 2.71 bits per heavy atom. The Balaban J connectivity index is 1.31. The first-order chi connectivity index (χ1) is 8.43. The quantitative estimate of drug-likeness (QED) is 0.738. The number of fused-ring (bicyclic) bond motifs is 1. The maximum Gasteiger partial charge on any atom is 0.0250 e. The van der Waals surface area contributed by atoms with Crippen molar-refractivity contribution in [1.82, 2.24) is 10.2 Å². The summed E-state index contributed by atoms with van der Waals surface area (Å²) in [5, 5.41) is 3.84. The average Bonchev–Trinajstić information content (AvgIpc) is 3.03. The summed E-state index contributed by atoms with van der Waals surface area (Å²) in [5.74, 6) is 1.07. The van der Waals surface area contributed by atoms with Crippen LogP contribution in [0.25, 0.3) is 0 Å². The molecule has 98 valence electrons. The van der Waals surface area contributed by atoms with Crippen LogP contribution in [0, 0.1) is 5.92 Å². The van der Waals surface area contributed by atoms with E-state index >= 15 is 0 Å². The van der Waals surface area contributed by atoms with Crippen LogP contribution in [0.2, 0.25) is 0 Å². The van der Waals surface area contributed by atoms with E-state index in [4.69, 9.17) is 0 Å². The lowest BCUT2D eigenvalue weighted by molar-refractivity contribution is 0.297. The predicted molar refractivity (Wildman–Crippen MR) is 72.2 cm³/mol. The predicted octanol–water partition coefficient (Wildman–Crippen LogP) is 2.78. The first-order valence-corrected chi connectivity index (χ1v) is 7.91. The molecule has 2 unspecified atom stereocenters. The number of nitrogens with zero attached hydrogens (tertiary/aromatic N) is 1. The Bertz CT molecular complexity index is 235. The monoisotopic (exact) mass is 236 g/mol. The standard InChI is InChI=1S/C15H28N2/c1-2-6-13(5-1)7-3-10-16-14-9-12-17-11-4-8-15(14)17/h13-16H,1-12H2. The van der Waals surface area contributed by atoms with Crippen LogP contribution in [0.15, 0.2) is 0 Å². The summed E-state index contributed by atoms with van der Waals surface area (Å²) in [6.45, 7) is 3.99. The van der Waals surface area contributed by atoms with Gasteiger partial charge in [0.1, 0.15) is 0 Å². The molecule has 2 saturated heterocycles. The van der Waals surface area contributed by atoms with Gasteiger partial charge < -0.3 is 5.32 Å². The van der Waals surface area contributed by atoms with E-state index in [-0.39, 0.29) is 0 Å². The molecule has 0 bridgehead atoms. The van der Waals surface area contributed by atoms with Gasteiger partial charge in [-0.25, -0.2) is 0 Å². The first-order valence-electron chi connectivity index (χ1n) is 7.91. The van der Waals surface area contributed by atoms with Crippen LogP contribution in [0.3, 0.4) is 0 Å². The minimum atomic E-state index is 0.820. The smallest absolute Gasteiger partial charge is 0.0250 e. The highest BCUT2D eigenvalue weighted by molar-refractivity contribution is 4.95. The van der Waals surface area contributed by atoms with E-state index in [9.17, 15) is 0 Å². The molecular weight excluding hydrogens is 208 g/mol. The molecule has 2 atom stereocenters. The van der Waals surface area contributed by atoms with Crippen molar-refractivity contribution in [1.29, 1.82) is 0 Å². The lowest BCUT2D eigenvalue weighted by atomic mass is 10.0. The Morgan fingerprint density at radius 2 is 1.82 bits per heavy atom. The zero-order chi connectivity index (χ0) is 11.5. The molecular formula is C15H28N2. The van der Waals surface area contributed by atoms with Gasteiger partial charge in [0, 0.05) is 18.6 Å². The van der Waals surface area contributed by atoms with Crippen LogP contribution in [-0.4, -0.2) is 36.6 Å². The topological polar surface area (TPSA) is 15.3 Å². The van der Waals surface area contributed by atoms with Gasteiger partial charge in [-0.3, -0.25) is 4.90 Å². The molecule has 1 saturated carbocycles. The van der Waals surface area contributed by atoms with Crippen LogP contribution in [0.5, 0.6) is 0 Å². The van der Waals surface area contributed by atoms with E-state index in [1.807, 2.05) is 0 Å². The Morgan fingerprint density at radius 1 is 0.941 bits per heavy atom. The van der Waals surface area contributed by atoms with Gasteiger partial charge in [0.05, 0.1) is 0 Å². The van der Waals surface area contributed by atoms with Gasteiger partial charge in [0.15, 0.2) is 0 Å². The molecule has 2 nitrogen and oxygen atoms in total. The maximum atomic E-state index is 3.84. The van der Waals surface area contributed by atoms with Crippen molar-refractivity contribution in [2.75, 3.05) is 19.6 Å². The molecule has 17 heavy (non-hydrogen) atoms. The molecule has 0 aromatic rings. The molecule has 0 radical (unpaired) electrons. The van der Waals surface area contributed by atoms with Gasteiger partial charge in [0.25, 0.3) is 0 Å². The summed E-state index contributed by atoms with van der Waals surface area (Å²) in [5.41, 5.74) is 0. The van der Waals surface area contributed by atoms with Gasteiger partial charge in [-0.15, -0.1) is 0 Å². The van der Waals surface area contributed by atoms with Crippen molar-refractivity contribution < 1.29 is 0 Å². The Kier molecular flexibility index (Phi) is 4.02. The lowest BCUT2D eigenvalue weighted by Gasteiger charge is -2.21. The number of nitrogens with one attached hydrogen (secondary N) is 1. The van der Waals surface area contributed by atoms with Crippen molar-refractivity contribution >= 4 is 0 Å². The molecule has 0 aromatic carbocycles. The van der Waals surface area contributed by atoms with E-state index in [0.717, 1.165) is 18.0 Å². The number of rotatable bonds is 5. The van der Waals surface area contributed by atoms with Gasteiger partial charge in [-0.1, -0.05) is 25.7 Å². The highest BCUT2D eigenvalue weighted by Gasteiger charge is 2.36. The second kappa shape index (κ2) is 5.71. The summed E-state index contributed by atoms with van der Waals surface area (Å²) in [4.78, 5) is 2.70. The third-order valence-corrected chi connectivity index (χ3v) is 5.28. The molecule has 0 amide bonds. The summed E-state index contributed by atoms with van der Waals surface area (Å²) in [7, 11) is 0. The van der Waals surface area contributed by atoms with Crippen molar-refractivity contribution in [2.24, 2.45) is 5.92 Å². The molecule has 3 fully saturated rings. The van der Waals surface area contributed by atoms with Crippen LogP contribution >= 0.6 is 0 Å². The Hall–Kier alpha value is -0.0800. The SMILES string of the molecule is C1CCC(CCCNC2CCN3CCCC23)C1. The largest absolute Gasteiger partial charge is 0.312 e. The van der Waals surface area contributed by atoms with E-state index in [1.54, 1.807) is 0 Å². The van der Waals surface area contributed by atoms with Crippen molar-refractivity contribution in [3.63, 3.8) is 0 Å². The lowest BCUT2D eigenvalue weighted by Crippen LogP contribution is -2.39. The van der Waals surface area contributed by atoms with E-state index in [0.29, 0.717) is 0 Å². The molecule has 0 aromatic heterocycles. The third kappa shape index (κ3) is 2.85. The molecule has 3 aliphatic rings. The number of hydrogen-bond acceptors (Lipinski definition) is 2.